The monoisotopic (exact) mass is 250 g/mol. The molecule has 2 atom stereocenters. The number of rotatable bonds is 12. The van der Waals surface area contributed by atoms with Gasteiger partial charge in [0.1, 0.15) is 0 Å². The van der Waals surface area contributed by atoms with Crippen molar-refractivity contribution in [3.05, 3.63) is 0 Å². The molecule has 5 heteroatoms. The van der Waals surface area contributed by atoms with Gasteiger partial charge in [-0.15, -0.1) is 0 Å². The van der Waals surface area contributed by atoms with Gasteiger partial charge in [-0.05, 0) is 13.8 Å². The van der Waals surface area contributed by atoms with E-state index < -0.39 is 0 Å². The first-order valence-corrected chi connectivity index (χ1v) is 5.99. The Balaban J connectivity index is 3.35. The molecule has 0 aliphatic rings. The Kier molecular flexibility index (Phi) is 12.1. The molecule has 0 aromatic carbocycles. The van der Waals surface area contributed by atoms with Crippen LogP contribution in [0.4, 0.5) is 0 Å². The number of hydrogen-bond acceptors (Lipinski definition) is 5. The third-order valence-electron chi connectivity index (χ3n) is 2.03. The molecule has 0 rings (SSSR count). The molecule has 5 nitrogen and oxygen atoms in total. The van der Waals surface area contributed by atoms with Gasteiger partial charge in [0.15, 0.2) is 0 Å². The molecule has 17 heavy (non-hydrogen) atoms. The first kappa shape index (κ1) is 16.8. The third kappa shape index (κ3) is 12.1. The van der Waals surface area contributed by atoms with Crippen LogP contribution in [-0.4, -0.2) is 66.1 Å². The van der Waals surface area contributed by atoms with E-state index in [1.807, 2.05) is 13.8 Å². The van der Waals surface area contributed by atoms with Gasteiger partial charge >= 0.3 is 0 Å². The minimum atomic E-state index is 0.0629. The van der Waals surface area contributed by atoms with Gasteiger partial charge in [0, 0.05) is 14.2 Å². The largest absolute Gasteiger partial charge is 0.382 e. The molecule has 2 unspecified atom stereocenters. The van der Waals surface area contributed by atoms with Crippen molar-refractivity contribution in [2.24, 2.45) is 0 Å². The first-order valence-electron chi connectivity index (χ1n) is 5.99. The molecule has 0 fully saturated rings. The summed E-state index contributed by atoms with van der Waals surface area (Å²) in [6.07, 6.45) is 0.126. The molecule has 0 heterocycles. The lowest BCUT2D eigenvalue weighted by molar-refractivity contribution is -0.0775. The molecule has 0 radical (unpaired) electrons. The zero-order valence-electron chi connectivity index (χ0n) is 11.4. The summed E-state index contributed by atoms with van der Waals surface area (Å²) in [7, 11) is 3.31. The summed E-state index contributed by atoms with van der Waals surface area (Å²) in [6, 6.07) is 0. The van der Waals surface area contributed by atoms with Crippen LogP contribution in [0, 0.1) is 0 Å². The van der Waals surface area contributed by atoms with Crippen LogP contribution in [0.25, 0.3) is 0 Å². The minimum absolute atomic E-state index is 0.0629. The smallest absolute Gasteiger partial charge is 0.0785 e. The maximum atomic E-state index is 5.68. The predicted molar refractivity (Wildman–Crippen MR) is 65.4 cm³/mol. The van der Waals surface area contributed by atoms with E-state index in [1.54, 1.807) is 14.2 Å². The van der Waals surface area contributed by atoms with Crippen molar-refractivity contribution in [2.75, 3.05) is 53.9 Å². The number of ether oxygens (including phenoxy) is 5. The minimum Gasteiger partial charge on any atom is -0.382 e. The van der Waals surface area contributed by atoms with E-state index >= 15 is 0 Å². The first-order chi connectivity index (χ1) is 8.20. The standard InChI is InChI=1S/C12H26O5/c1-11(9-15-7-5-13-3)17-12(2)10-16-8-6-14-4/h11-12H,5-10H2,1-4H3. The summed E-state index contributed by atoms with van der Waals surface area (Å²) in [6.45, 7) is 7.55. The van der Waals surface area contributed by atoms with Gasteiger partial charge < -0.3 is 23.7 Å². The van der Waals surface area contributed by atoms with Crippen molar-refractivity contribution in [3.63, 3.8) is 0 Å². The highest BCUT2D eigenvalue weighted by Crippen LogP contribution is 1.99. The summed E-state index contributed by atoms with van der Waals surface area (Å²) in [5.74, 6) is 0. The van der Waals surface area contributed by atoms with E-state index in [-0.39, 0.29) is 12.2 Å². The molecule has 0 bridgehead atoms. The van der Waals surface area contributed by atoms with Crippen LogP contribution >= 0.6 is 0 Å². The quantitative estimate of drug-likeness (QED) is 0.485. The number of methoxy groups -OCH3 is 2. The van der Waals surface area contributed by atoms with Crippen molar-refractivity contribution in [1.82, 2.24) is 0 Å². The third-order valence-corrected chi connectivity index (χ3v) is 2.03. The topological polar surface area (TPSA) is 46.2 Å². The SMILES string of the molecule is COCCOCC(C)OC(C)COCCOC. The maximum absolute atomic E-state index is 5.68. The van der Waals surface area contributed by atoms with Crippen LogP contribution < -0.4 is 0 Å². The van der Waals surface area contributed by atoms with Gasteiger partial charge in [-0.1, -0.05) is 0 Å². The molecule has 0 N–H and O–H groups in total. The molecule has 0 aliphatic carbocycles. The van der Waals surface area contributed by atoms with E-state index in [9.17, 15) is 0 Å². The summed E-state index contributed by atoms with van der Waals surface area (Å²) >= 11 is 0. The molecule has 0 aromatic heterocycles. The Labute approximate surface area is 104 Å². The normalized spacial score (nSPS) is 14.8. The summed E-state index contributed by atoms with van der Waals surface area (Å²) in [5, 5.41) is 0. The highest BCUT2D eigenvalue weighted by molar-refractivity contribution is 4.54. The average Bonchev–Trinajstić information content (AvgIpc) is 2.30. The Morgan fingerprint density at radius 2 is 1.12 bits per heavy atom. The molecule has 0 aromatic rings. The molecule has 0 saturated heterocycles. The van der Waals surface area contributed by atoms with Crippen molar-refractivity contribution in [1.29, 1.82) is 0 Å². The van der Waals surface area contributed by atoms with Gasteiger partial charge in [-0.25, -0.2) is 0 Å². The summed E-state index contributed by atoms with van der Waals surface area (Å²) in [5.41, 5.74) is 0. The molecule has 0 amide bonds. The average molecular weight is 250 g/mol. The Hall–Kier alpha value is -0.200. The van der Waals surface area contributed by atoms with Crippen LogP contribution in [0.15, 0.2) is 0 Å². The van der Waals surface area contributed by atoms with E-state index in [2.05, 4.69) is 0 Å². The lowest BCUT2D eigenvalue weighted by Gasteiger charge is -2.19. The molecule has 0 spiro atoms. The van der Waals surface area contributed by atoms with Gasteiger partial charge in [0.2, 0.25) is 0 Å². The van der Waals surface area contributed by atoms with Crippen molar-refractivity contribution in [2.45, 2.75) is 26.1 Å². The maximum Gasteiger partial charge on any atom is 0.0785 e. The second-order valence-electron chi connectivity index (χ2n) is 3.89. The summed E-state index contributed by atoms with van der Waals surface area (Å²) in [4.78, 5) is 0. The molecular formula is C12H26O5. The van der Waals surface area contributed by atoms with Gasteiger partial charge in [0.25, 0.3) is 0 Å². The Bertz CT molecular complexity index is 138. The molecule has 0 aliphatic heterocycles. The predicted octanol–water partition coefficient (Wildman–Crippen LogP) is 1.11. The fourth-order valence-electron chi connectivity index (χ4n) is 1.26. The van der Waals surface area contributed by atoms with Gasteiger partial charge in [-0.3, -0.25) is 0 Å². The zero-order chi connectivity index (χ0) is 12.9. The fourth-order valence-corrected chi connectivity index (χ4v) is 1.26. The van der Waals surface area contributed by atoms with E-state index in [1.165, 1.54) is 0 Å². The van der Waals surface area contributed by atoms with Crippen LogP contribution in [0.1, 0.15) is 13.8 Å². The van der Waals surface area contributed by atoms with Crippen LogP contribution in [0.3, 0.4) is 0 Å². The highest BCUT2D eigenvalue weighted by atomic mass is 16.6. The van der Waals surface area contributed by atoms with Crippen molar-refractivity contribution < 1.29 is 23.7 Å². The second kappa shape index (κ2) is 12.3. The van der Waals surface area contributed by atoms with E-state index in [0.29, 0.717) is 39.6 Å². The molecule has 0 saturated carbocycles. The zero-order valence-corrected chi connectivity index (χ0v) is 11.4. The van der Waals surface area contributed by atoms with Gasteiger partial charge in [0.05, 0.1) is 51.8 Å². The number of hydrogen-bond donors (Lipinski definition) is 0. The summed E-state index contributed by atoms with van der Waals surface area (Å²) < 4.78 is 26.2. The van der Waals surface area contributed by atoms with E-state index in [0.717, 1.165) is 0 Å². The van der Waals surface area contributed by atoms with Crippen LogP contribution in [-0.2, 0) is 23.7 Å². The Morgan fingerprint density at radius 3 is 1.47 bits per heavy atom. The highest BCUT2D eigenvalue weighted by Gasteiger charge is 2.08. The van der Waals surface area contributed by atoms with E-state index in [4.69, 9.17) is 23.7 Å². The lowest BCUT2D eigenvalue weighted by atomic mass is 10.4. The molecular weight excluding hydrogens is 224 g/mol. The lowest BCUT2D eigenvalue weighted by Crippen LogP contribution is -2.26. The van der Waals surface area contributed by atoms with Crippen LogP contribution in [0.5, 0.6) is 0 Å². The van der Waals surface area contributed by atoms with Crippen molar-refractivity contribution >= 4 is 0 Å². The fraction of sp³-hybridized carbons (Fsp3) is 1.00. The van der Waals surface area contributed by atoms with Gasteiger partial charge in [-0.2, -0.15) is 0 Å². The van der Waals surface area contributed by atoms with Crippen LogP contribution in [0.2, 0.25) is 0 Å². The molecule has 104 valence electrons. The second-order valence-corrected chi connectivity index (χ2v) is 3.89. The Morgan fingerprint density at radius 1 is 0.706 bits per heavy atom. The van der Waals surface area contributed by atoms with Crippen molar-refractivity contribution in [3.8, 4) is 0 Å².